The largest absolute Gasteiger partial charge is 0.497 e. The zero-order chi connectivity index (χ0) is 29.2. The second-order valence-electron chi connectivity index (χ2n) is 7.87. The first-order valence-corrected chi connectivity index (χ1v) is 11.4. The Morgan fingerprint density at radius 3 is 2.60 bits per heavy atom. The van der Waals surface area contributed by atoms with Crippen molar-refractivity contribution in [3.05, 3.63) is 88.0 Å². The number of hydrogen-bond donors (Lipinski definition) is 5. The summed E-state index contributed by atoms with van der Waals surface area (Å²) >= 11 is 0. The van der Waals surface area contributed by atoms with Crippen LogP contribution in [0.3, 0.4) is 0 Å². The molecule has 0 aliphatic heterocycles. The molecule has 2 heterocycles. The van der Waals surface area contributed by atoms with Gasteiger partial charge >= 0.3 is 5.69 Å². The maximum absolute atomic E-state index is 15.6. The number of nitrogens with one attached hydrogen (secondary N) is 3. The Hall–Kier alpha value is -5.78. The molecule has 6 N–H and O–H groups in total. The van der Waals surface area contributed by atoms with Crippen LogP contribution in [-0.4, -0.2) is 55.6 Å². The van der Waals surface area contributed by atoms with Gasteiger partial charge in [-0.15, -0.1) is 10.2 Å². The van der Waals surface area contributed by atoms with Crippen LogP contribution in [0.5, 0.6) is 11.5 Å². The van der Waals surface area contributed by atoms with E-state index < -0.39 is 23.5 Å². The molecule has 2 aromatic heterocycles. The zero-order valence-electron chi connectivity index (χ0n) is 21.3. The molecule has 15 heteroatoms. The van der Waals surface area contributed by atoms with Crippen molar-refractivity contribution in [2.45, 2.75) is 13.0 Å². The van der Waals surface area contributed by atoms with Gasteiger partial charge in [0.15, 0.2) is 29.8 Å². The second kappa shape index (κ2) is 13.1. The fourth-order valence-electron chi connectivity index (χ4n) is 3.37. The van der Waals surface area contributed by atoms with Gasteiger partial charge in [0.05, 0.1) is 7.11 Å². The Kier molecular flexibility index (Phi) is 9.46. The molecule has 0 aliphatic carbocycles. The van der Waals surface area contributed by atoms with Gasteiger partial charge in [-0.1, -0.05) is 0 Å². The molecule has 2 aromatic carbocycles. The highest BCUT2D eigenvalue weighted by Gasteiger charge is 2.27. The SMILES string of the molecule is CC(=O)O.COc1cc(OCC#N)c(F)c(C(Nc2ccc(C(=N)N)cc2)c2nn(-c3cccnn3)c(=O)[nH]2)c1. The number of benzene rings is 2. The zero-order valence-corrected chi connectivity index (χ0v) is 21.3. The number of nitriles is 1. The highest BCUT2D eigenvalue weighted by Crippen LogP contribution is 2.35. The molecule has 1 atom stereocenters. The summed E-state index contributed by atoms with van der Waals surface area (Å²) in [6.07, 6.45) is 1.45. The molecule has 0 aliphatic rings. The Bertz CT molecular complexity index is 1580. The van der Waals surface area contributed by atoms with Crippen LogP contribution in [-0.2, 0) is 4.79 Å². The Balaban J connectivity index is 0.00000103. The molecule has 4 aromatic rings. The van der Waals surface area contributed by atoms with Gasteiger partial charge in [0, 0.05) is 36.0 Å². The van der Waals surface area contributed by atoms with E-state index in [1.54, 1.807) is 42.5 Å². The number of aromatic amines is 1. The molecule has 0 saturated carbocycles. The lowest BCUT2D eigenvalue weighted by atomic mass is 10.0. The molecule has 0 saturated heterocycles. The highest BCUT2D eigenvalue weighted by molar-refractivity contribution is 5.95. The number of H-pyrrole nitrogens is 1. The molecule has 0 fully saturated rings. The minimum absolute atomic E-state index is 0.0259. The third kappa shape index (κ3) is 7.16. The van der Waals surface area contributed by atoms with Crippen LogP contribution in [0, 0.1) is 22.6 Å². The molecule has 206 valence electrons. The molecule has 1 unspecified atom stereocenters. The minimum Gasteiger partial charge on any atom is -0.497 e. The number of carboxylic acids is 1. The van der Waals surface area contributed by atoms with Crippen molar-refractivity contribution in [3.63, 3.8) is 0 Å². The number of hydrogen-bond acceptors (Lipinski definition) is 10. The average molecular weight is 550 g/mol. The number of nitrogens with zero attached hydrogens (tertiary/aromatic N) is 5. The van der Waals surface area contributed by atoms with Gasteiger partial charge in [0.1, 0.15) is 23.7 Å². The van der Waals surface area contributed by atoms with Crippen LogP contribution >= 0.6 is 0 Å². The lowest BCUT2D eigenvalue weighted by Gasteiger charge is -2.21. The van der Waals surface area contributed by atoms with Gasteiger partial charge in [0.25, 0.3) is 5.97 Å². The number of aliphatic carboxylic acids is 1. The molecule has 40 heavy (non-hydrogen) atoms. The van der Waals surface area contributed by atoms with Gasteiger partial charge in [-0.25, -0.2) is 9.18 Å². The standard InChI is InChI=1S/C23H20FN9O3.C2H4O2/c1-35-15-11-16(19(24)17(12-15)36-10-8-25)20(29-14-6-4-13(5-7-14)21(26)27)22-30-23(34)33(32-22)18-3-2-9-28-31-18;1-2(3)4/h2-7,9,11-12,20,29H,10H2,1H3,(H3,26,27)(H,30,32,34);1H3,(H,3,4). The molecule has 0 bridgehead atoms. The van der Waals surface area contributed by atoms with E-state index in [-0.39, 0.29) is 41.1 Å². The van der Waals surface area contributed by atoms with Crippen molar-refractivity contribution < 1.29 is 23.8 Å². The fraction of sp³-hybridized carbons (Fsp3) is 0.160. The van der Waals surface area contributed by atoms with Crippen molar-refractivity contribution in [2.75, 3.05) is 19.0 Å². The number of carboxylic acid groups (broad SMARTS) is 1. The summed E-state index contributed by atoms with van der Waals surface area (Å²) in [5, 5.41) is 39.0. The van der Waals surface area contributed by atoms with E-state index in [4.69, 9.17) is 35.8 Å². The van der Waals surface area contributed by atoms with E-state index in [1.165, 1.54) is 25.4 Å². The van der Waals surface area contributed by atoms with Crippen molar-refractivity contribution in [1.29, 1.82) is 10.7 Å². The van der Waals surface area contributed by atoms with Gasteiger partial charge in [-0.05, 0) is 42.5 Å². The number of rotatable bonds is 9. The van der Waals surface area contributed by atoms with Crippen LogP contribution in [0.25, 0.3) is 5.82 Å². The third-order valence-electron chi connectivity index (χ3n) is 5.07. The molecule has 0 radical (unpaired) electrons. The number of carbonyl (C=O) groups is 1. The summed E-state index contributed by atoms with van der Waals surface area (Å²) in [5.74, 6) is -1.45. The molecular weight excluding hydrogens is 525 g/mol. The smallest absolute Gasteiger partial charge is 0.349 e. The highest BCUT2D eigenvalue weighted by atomic mass is 19.1. The summed E-state index contributed by atoms with van der Waals surface area (Å²) in [4.78, 5) is 24.3. The number of ether oxygens (including phenoxy) is 2. The minimum atomic E-state index is -1.04. The van der Waals surface area contributed by atoms with E-state index in [0.29, 0.717) is 11.3 Å². The van der Waals surface area contributed by atoms with E-state index >= 15 is 4.39 Å². The first kappa shape index (κ1) is 28.8. The maximum Gasteiger partial charge on any atom is 0.349 e. The fourth-order valence-corrected chi connectivity index (χ4v) is 3.37. The predicted octanol–water partition coefficient (Wildman–Crippen LogP) is 1.98. The van der Waals surface area contributed by atoms with E-state index in [0.717, 1.165) is 11.6 Å². The monoisotopic (exact) mass is 549 g/mol. The number of halogens is 1. The first-order valence-electron chi connectivity index (χ1n) is 11.4. The quantitative estimate of drug-likeness (QED) is 0.150. The van der Waals surface area contributed by atoms with Crippen molar-refractivity contribution in [3.8, 4) is 23.4 Å². The van der Waals surface area contributed by atoms with Crippen LogP contribution in [0.2, 0.25) is 0 Å². The van der Waals surface area contributed by atoms with Crippen molar-refractivity contribution >= 4 is 17.5 Å². The Morgan fingerprint density at radius 1 is 1.32 bits per heavy atom. The summed E-state index contributed by atoms with van der Waals surface area (Å²) in [6, 6.07) is 13.2. The number of nitrogens with two attached hydrogens (primary N) is 1. The van der Waals surface area contributed by atoms with Crippen LogP contribution in [0.15, 0.2) is 59.5 Å². The molecule has 0 spiro atoms. The molecule has 14 nitrogen and oxygen atoms in total. The number of anilines is 1. The maximum atomic E-state index is 15.6. The van der Waals surface area contributed by atoms with E-state index in [1.807, 2.05) is 0 Å². The average Bonchev–Trinajstić information content (AvgIpc) is 3.33. The normalized spacial score (nSPS) is 10.8. The Labute approximate surface area is 226 Å². The van der Waals surface area contributed by atoms with Crippen LogP contribution < -0.4 is 26.2 Å². The molecular formula is C25H24FN9O5. The van der Waals surface area contributed by atoms with Gasteiger partial charge in [0.2, 0.25) is 0 Å². The number of methoxy groups -OCH3 is 1. The van der Waals surface area contributed by atoms with Crippen molar-refractivity contribution in [1.82, 2.24) is 25.0 Å². The summed E-state index contributed by atoms with van der Waals surface area (Å²) in [7, 11) is 1.40. The van der Waals surface area contributed by atoms with Gasteiger partial charge in [-0.2, -0.15) is 15.0 Å². The lowest BCUT2D eigenvalue weighted by Crippen LogP contribution is -2.18. The summed E-state index contributed by atoms with van der Waals surface area (Å²) in [6.45, 7) is 0.701. The first-order chi connectivity index (χ1) is 19.1. The third-order valence-corrected chi connectivity index (χ3v) is 5.07. The number of amidine groups is 1. The van der Waals surface area contributed by atoms with Crippen LogP contribution in [0.1, 0.15) is 29.9 Å². The van der Waals surface area contributed by atoms with Gasteiger partial charge in [-0.3, -0.25) is 15.2 Å². The van der Waals surface area contributed by atoms with E-state index in [2.05, 4.69) is 25.6 Å². The number of nitrogen functional groups attached to an aromatic ring is 1. The number of aromatic nitrogens is 5. The summed E-state index contributed by atoms with van der Waals surface area (Å²) in [5.41, 5.74) is 5.95. The Morgan fingerprint density at radius 2 is 2.02 bits per heavy atom. The van der Waals surface area contributed by atoms with E-state index in [9.17, 15) is 4.79 Å². The molecule has 4 rings (SSSR count). The summed E-state index contributed by atoms with van der Waals surface area (Å²) < 4.78 is 27.2. The molecule has 0 amide bonds. The predicted molar refractivity (Wildman–Crippen MR) is 140 cm³/mol. The van der Waals surface area contributed by atoms with Crippen LogP contribution in [0.4, 0.5) is 10.1 Å². The second-order valence-corrected chi connectivity index (χ2v) is 7.87. The van der Waals surface area contributed by atoms with Gasteiger partial charge < -0.3 is 25.6 Å². The lowest BCUT2D eigenvalue weighted by molar-refractivity contribution is -0.134. The topological polar surface area (TPSA) is 218 Å². The van der Waals surface area contributed by atoms with Crippen molar-refractivity contribution in [2.24, 2.45) is 5.73 Å².